The summed E-state index contributed by atoms with van der Waals surface area (Å²) in [4.78, 5) is 0. The Morgan fingerprint density at radius 3 is 2.74 bits per heavy atom. The lowest BCUT2D eigenvalue weighted by atomic mass is 9.93. The molecule has 0 aromatic carbocycles. The van der Waals surface area contributed by atoms with Crippen molar-refractivity contribution in [1.82, 2.24) is 9.78 Å². The lowest BCUT2D eigenvalue weighted by Crippen LogP contribution is -2.37. The van der Waals surface area contributed by atoms with Crippen LogP contribution in [0.2, 0.25) is 5.02 Å². The van der Waals surface area contributed by atoms with Gasteiger partial charge in [-0.1, -0.05) is 18.5 Å². The van der Waals surface area contributed by atoms with Crippen LogP contribution in [-0.2, 0) is 16.0 Å². The second-order valence-corrected chi connectivity index (χ2v) is 5.00. The van der Waals surface area contributed by atoms with E-state index in [2.05, 4.69) is 5.10 Å². The van der Waals surface area contributed by atoms with Crippen LogP contribution in [0, 0.1) is 0 Å². The van der Waals surface area contributed by atoms with E-state index in [1.807, 2.05) is 20.8 Å². The molecule has 0 aliphatic rings. The second-order valence-electron chi connectivity index (χ2n) is 4.60. The van der Waals surface area contributed by atoms with Gasteiger partial charge in [-0.25, -0.2) is 0 Å². The summed E-state index contributed by atoms with van der Waals surface area (Å²) in [5, 5.41) is 15.2. The maximum absolute atomic E-state index is 10.6. The number of rotatable bonds is 8. The molecule has 0 amide bonds. The summed E-state index contributed by atoms with van der Waals surface area (Å²) >= 11 is 6.14. The van der Waals surface area contributed by atoms with Crippen molar-refractivity contribution in [3.63, 3.8) is 0 Å². The zero-order valence-corrected chi connectivity index (χ0v) is 12.8. The summed E-state index contributed by atoms with van der Waals surface area (Å²) in [5.74, 6) is 0. The Morgan fingerprint density at radius 2 is 2.21 bits per heavy atom. The van der Waals surface area contributed by atoms with Gasteiger partial charge in [-0.3, -0.25) is 4.68 Å². The average molecular weight is 291 g/mol. The first kappa shape index (κ1) is 16.4. The minimum absolute atomic E-state index is 0.447. The Kier molecular flexibility index (Phi) is 6.26. The van der Waals surface area contributed by atoms with Crippen molar-refractivity contribution in [2.75, 3.05) is 20.3 Å². The average Bonchev–Trinajstić information content (AvgIpc) is 2.76. The summed E-state index contributed by atoms with van der Waals surface area (Å²) in [5.41, 5.74) is -0.0972. The summed E-state index contributed by atoms with van der Waals surface area (Å²) in [6.07, 6.45) is 1.38. The molecule has 1 rings (SSSR count). The predicted octanol–water partition coefficient (Wildman–Crippen LogP) is 2.42. The van der Waals surface area contributed by atoms with Gasteiger partial charge in [0.1, 0.15) is 6.10 Å². The topological polar surface area (TPSA) is 56.5 Å². The van der Waals surface area contributed by atoms with E-state index in [-0.39, 0.29) is 0 Å². The summed E-state index contributed by atoms with van der Waals surface area (Å²) in [7, 11) is 1.62. The molecular weight excluding hydrogens is 268 g/mol. The normalized spacial score (nSPS) is 16.3. The lowest BCUT2D eigenvalue weighted by Gasteiger charge is -2.33. The van der Waals surface area contributed by atoms with Crippen molar-refractivity contribution in [2.24, 2.45) is 0 Å². The van der Waals surface area contributed by atoms with E-state index in [1.54, 1.807) is 11.8 Å². The third kappa shape index (κ3) is 3.69. The van der Waals surface area contributed by atoms with Gasteiger partial charge in [0.25, 0.3) is 0 Å². The van der Waals surface area contributed by atoms with Crippen molar-refractivity contribution >= 4 is 11.6 Å². The van der Waals surface area contributed by atoms with Gasteiger partial charge in [0.05, 0.1) is 35.7 Å². The molecule has 6 heteroatoms. The SMILES string of the molecule is CCOC(C)(CC)C(O)c1c(Cl)cnn1CCOC. The highest BCUT2D eigenvalue weighted by Gasteiger charge is 2.36. The molecule has 2 atom stereocenters. The number of halogens is 1. The van der Waals surface area contributed by atoms with Crippen LogP contribution in [0.5, 0.6) is 0 Å². The van der Waals surface area contributed by atoms with Crippen LogP contribution in [0.3, 0.4) is 0 Å². The number of aliphatic hydroxyl groups excluding tert-OH is 1. The third-order valence-corrected chi connectivity index (χ3v) is 3.65. The molecule has 0 fully saturated rings. The number of ether oxygens (including phenoxy) is 2. The molecule has 2 unspecified atom stereocenters. The monoisotopic (exact) mass is 290 g/mol. The maximum atomic E-state index is 10.6. The fourth-order valence-corrected chi connectivity index (χ4v) is 2.24. The molecule has 5 nitrogen and oxygen atoms in total. The van der Waals surface area contributed by atoms with E-state index in [0.717, 1.165) is 0 Å². The molecule has 1 N–H and O–H groups in total. The van der Waals surface area contributed by atoms with Crippen LogP contribution in [0.1, 0.15) is 39.0 Å². The number of methoxy groups -OCH3 is 1. The van der Waals surface area contributed by atoms with Gasteiger partial charge in [-0.05, 0) is 20.3 Å². The van der Waals surface area contributed by atoms with Crippen molar-refractivity contribution < 1.29 is 14.6 Å². The zero-order chi connectivity index (χ0) is 14.5. The van der Waals surface area contributed by atoms with E-state index in [9.17, 15) is 5.11 Å². The van der Waals surface area contributed by atoms with E-state index in [1.165, 1.54) is 6.20 Å². The molecule has 1 aromatic rings. The Hall–Kier alpha value is -0.620. The van der Waals surface area contributed by atoms with Crippen LogP contribution < -0.4 is 0 Å². The summed E-state index contributed by atoms with van der Waals surface area (Å²) < 4.78 is 12.4. The second kappa shape index (κ2) is 7.24. The van der Waals surface area contributed by atoms with Gasteiger partial charge in [0.2, 0.25) is 0 Å². The number of hydrogen-bond acceptors (Lipinski definition) is 4. The molecule has 1 aromatic heterocycles. The summed E-state index contributed by atoms with van der Waals surface area (Å²) in [6.45, 7) is 7.35. The summed E-state index contributed by atoms with van der Waals surface area (Å²) in [6, 6.07) is 0. The highest BCUT2D eigenvalue weighted by molar-refractivity contribution is 6.31. The van der Waals surface area contributed by atoms with E-state index < -0.39 is 11.7 Å². The van der Waals surface area contributed by atoms with E-state index in [0.29, 0.717) is 36.9 Å². The first-order valence-corrected chi connectivity index (χ1v) is 6.90. The fourth-order valence-electron chi connectivity index (χ4n) is 1.99. The van der Waals surface area contributed by atoms with Gasteiger partial charge < -0.3 is 14.6 Å². The molecule has 0 bridgehead atoms. The molecular formula is C13H23ClN2O3. The van der Waals surface area contributed by atoms with E-state index >= 15 is 0 Å². The van der Waals surface area contributed by atoms with Crippen molar-refractivity contribution in [3.05, 3.63) is 16.9 Å². The third-order valence-electron chi connectivity index (χ3n) is 3.35. The molecule has 0 saturated heterocycles. The van der Waals surface area contributed by atoms with Crippen molar-refractivity contribution in [2.45, 2.75) is 45.4 Å². The molecule has 0 radical (unpaired) electrons. The lowest BCUT2D eigenvalue weighted by molar-refractivity contribution is -0.115. The minimum Gasteiger partial charge on any atom is -0.384 e. The van der Waals surface area contributed by atoms with Crippen LogP contribution >= 0.6 is 11.6 Å². The molecule has 19 heavy (non-hydrogen) atoms. The van der Waals surface area contributed by atoms with Crippen molar-refractivity contribution in [3.8, 4) is 0 Å². The Labute approximate surface area is 119 Å². The fraction of sp³-hybridized carbons (Fsp3) is 0.769. The highest BCUT2D eigenvalue weighted by atomic mass is 35.5. The first-order valence-electron chi connectivity index (χ1n) is 6.52. The Morgan fingerprint density at radius 1 is 1.53 bits per heavy atom. The Bertz CT molecular complexity index is 397. The van der Waals surface area contributed by atoms with Crippen molar-refractivity contribution in [1.29, 1.82) is 0 Å². The van der Waals surface area contributed by atoms with Crippen LogP contribution in [0.4, 0.5) is 0 Å². The highest BCUT2D eigenvalue weighted by Crippen LogP contribution is 2.35. The smallest absolute Gasteiger partial charge is 0.126 e. The van der Waals surface area contributed by atoms with Gasteiger partial charge in [0, 0.05) is 13.7 Å². The van der Waals surface area contributed by atoms with E-state index in [4.69, 9.17) is 21.1 Å². The number of aromatic nitrogens is 2. The molecule has 0 aliphatic heterocycles. The largest absolute Gasteiger partial charge is 0.384 e. The maximum Gasteiger partial charge on any atom is 0.126 e. The number of hydrogen-bond donors (Lipinski definition) is 1. The van der Waals surface area contributed by atoms with Crippen LogP contribution in [0.25, 0.3) is 0 Å². The predicted molar refractivity (Wildman–Crippen MR) is 74.4 cm³/mol. The zero-order valence-electron chi connectivity index (χ0n) is 12.0. The molecule has 0 saturated carbocycles. The van der Waals surface area contributed by atoms with Gasteiger partial charge in [0.15, 0.2) is 0 Å². The quantitative estimate of drug-likeness (QED) is 0.799. The minimum atomic E-state index is -0.829. The van der Waals surface area contributed by atoms with Crippen LogP contribution in [-0.4, -0.2) is 40.8 Å². The van der Waals surface area contributed by atoms with Gasteiger partial charge in [-0.2, -0.15) is 5.10 Å². The first-order chi connectivity index (χ1) is 9.00. The molecule has 1 heterocycles. The van der Waals surface area contributed by atoms with Gasteiger partial charge >= 0.3 is 0 Å². The standard InChI is InChI=1S/C13H23ClN2O3/c1-5-13(3,19-6-2)12(17)11-10(14)9-15-16(11)7-8-18-4/h9,12,17H,5-8H2,1-4H3. The van der Waals surface area contributed by atoms with Crippen LogP contribution in [0.15, 0.2) is 6.20 Å². The molecule has 0 aliphatic carbocycles. The Balaban J connectivity index is 3.02. The van der Waals surface area contributed by atoms with Gasteiger partial charge in [-0.15, -0.1) is 0 Å². The molecule has 110 valence electrons. The number of aliphatic hydroxyl groups is 1. The molecule has 0 spiro atoms. The number of nitrogens with zero attached hydrogens (tertiary/aromatic N) is 2.